The van der Waals surface area contributed by atoms with Gasteiger partial charge >= 0.3 is 5.97 Å². The zero-order valence-corrected chi connectivity index (χ0v) is 15.6. The van der Waals surface area contributed by atoms with E-state index in [1.165, 1.54) is 19.3 Å². The van der Waals surface area contributed by atoms with Crippen LogP contribution in [0.15, 0.2) is 18.2 Å². The second-order valence-corrected chi connectivity index (χ2v) is 8.13. The number of carbonyl (C=O) groups is 1. The van der Waals surface area contributed by atoms with Crippen LogP contribution in [0.5, 0.6) is 0 Å². The van der Waals surface area contributed by atoms with E-state index in [4.69, 9.17) is 5.11 Å². The highest BCUT2D eigenvalue weighted by atomic mass is 16.6. The molecule has 6 nitrogen and oxygen atoms in total. The second-order valence-electron chi connectivity index (χ2n) is 8.13. The van der Waals surface area contributed by atoms with Gasteiger partial charge in [0.25, 0.3) is 5.69 Å². The van der Waals surface area contributed by atoms with Crippen molar-refractivity contribution in [1.29, 1.82) is 0 Å². The van der Waals surface area contributed by atoms with Crippen molar-refractivity contribution < 1.29 is 14.8 Å². The van der Waals surface area contributed by atoms with Gasteiger partial charge in [-0.25, -0.2) is 0 Å². The Bertz CT molecular complexity index is 682. The van der Waals surface area contributed by atoms with Crippen molar-refractivity contribution >= 4 is 17.3 Å². The lowest BCUT2D eigenvalue weighted by atomic mass is 9.92. The molecule has 1 aromatic carbocycles. The predicted octanol–water partition coefficient (Wildman–Crippen LogP) is 4.58. The van der Waals surface area contributed by atoms with E-state index in [1.54, 1.807) is 6.07 Å². The first-order valence-corrected chi connectivity index (χ1v) is 9.66. The molecule has 0 heterocycles. The maximum atomic E-state index is 11.8. The summed E-state index contributed by atoms with van der Waals surface area (Å²) in [4.78, 5) is 24.8. The molecule has 0 spiro atoms. The number of benzene rings is 1. The van der Waals surface area contributed by atoms with E-state index in [1.807, 2.05) is 12.1 Å². The maximum Gasteiger partial charge on any atom is 0.307 e. The molecule has 1 N–H and O–H groups in total. The number of hydrogen-bond donors (Lipinski definition) is 1. The van der Waals surface area contributed by atoms with Gasteiger partial charge in [-0.1, -0.05) is 39.2 Å². The normalized spacial score (nSPS) is 23.0. The molecule has 0 radical (unpaired) electrons. The zero-order chi connectivity index (χ0) is 18.8. The van der Waals surface area contributed by atoms with Crippen molar-refractivity contribution in [2.75, 3.05) is 11.4 Å². The number of hydrogen-bond acceptors (Lipinski definition) is 4. The monoisotopic (exact) mass is 360 g/mol. The first-order valence-electron chi connectivity index (χ1n) is 9.66. The molecule has 142 valence electrons. The smallest absolute Gasteiger partial charge is 0.307 e. The van der Waals surface area contributed by atoms with Crippen LogP contribution in [-0.4, -0.2) is 28.6 Å². The molecule has 2 unspecified atom stereocenters. The highest BCUT2D eigenvalue weighted by Gasteiger charge is 2.45. The molecule has 1 aromatic rings. The van der Waals surface area contributed by atoms with E-state index >= 15 is 0 Å². The van der Waals surface area contributed by atoms with Crippen LogP contribution in [0.3, 0.4) is 0 Å². The van der Waals surface area contributed by atoms with E-state index < -0.39 is 11.9 Å². The van der Waals surface area contributed by atoms with Crippen LogP contribution in [0.2, 0.25) is 0 Å². The number of nitro benzene ring substituents is 1. The topological polar surface area (TPSA) is 83.7 Å². The number of rotatable bonds is 7. The minimum Gasteiger partial charge on any atom is -0.481 e. The molecule has 2 aliphatic carbocycles. The molecule has 6 heteroatoms. The summed E-state index contributed by atoms with van der Waals surface area (Å²) in [5, 5.41) is 20.9. The lowest BCUT2D eigenvalue weighted by Gasteiger charge is -2.37. The molecular formula is C20H28N2O4. The third-order valence-electron chi connectivity index (χ3n) is 5.62. The largest absolute Gasteiger partial charge is 0.481 e. The fourth-order valence-corrected chi connectivity index (χ4v) is 4.23. The Hall–Kier alpha value is -2.11. The van der Waals surface area contributed by atoms with Gasteiger partial charge in [0.1, 0.15) is 5.69 Å². The van der Waals surface area contributed by atoms with E-state index in [-0.39, 0.29) is 16.5 Å². The van der Waals surface area contributed by atoms with Crippen LogP contribution < -0.4 is 4.90 Å². The first kappa shape index (κ1) is 18.7. The SMILES string of the molecule is CC(C)CN(c1ccc(C2CC2C(=O)O)cc1[N+](=O)[O-])C1CCCCC1. The van der Waals surface area contributed by atoms with Crippen molar-refractivity contribution in [3.8, 4) is 0 Å². The lowest BCUT2D eigenvalue weighted by molar-refractivity contribution is -0.384. The summed E-state index contributed by atoms with van der Waals surface area (Å²) in [6.45, 7) is 5.07. The lowest BCUT2D eigenvalue weighted by Crippen LogP contribution is -2.39. The summed E-state index contributed by atoms with van der Waals surface area (Å²) in [6, 6.07) is 5.70. The fraction of sp³-hybridized carbons (Fsp3) is 0.650. The number of nitro groups is 1. The van der Waals surface area contributed by atoms with E-state index in [9.17, 15) is 14.9 Å². The third-order valence-corrected chi connectivity index (χ3v) is 5.62. The minimum absolute atomic E-state index is 0.0894. The van der Waals surface area contributed by atoms with E-state index in [2.05, 4.69) is 18.7 Å². The molecular weight excluding hydrogens is 332 g/mol. The summed E-state index contributed by atoms with van der Waals surface area (Å²) in [7, 11) is 0. The van der Waals surface area contributed by atoms with Crippen LogP contribution in [0.4, 0.5) is 11.4 Å². The van der Waals surface area contributed by atoms with Crippen molar-refractivity contribution in [3.05, 3.63) is 33.9 Å². The highest BCUT2D eigenvalue weighted by Crippen LogP contribution is 2.49. The van der Waals surface area contributed by atoms with Gasteiger partial charge in [0, 0.05) is 18.7 Å². The number of carboxylic acid groups (broad SMARTS) is 1. The summed E-state index contributed by atoms with van der Waals surface area (Å²) >= 11 is 0. The Morgan fingerprint density at radius 1 is 1.31 bits per heavy atom. The van der Waals surface area contributed by atoms with Gasteiger partial charge in [-0.05, 0) is 42.7 Å². The van der Waals surface area contributed by atoms with Gasteiger partial charge in [0.2, 0.25) is 0 Å². The van der Waals surface area contributed by atoms with Crippen LogP contribution in [-0.2, 0) is 4.79 Å². The van der Waals surface area contributed by atoms with Gasteiger partial charge < -0.3 is 10.0 Å². The highest BCUT2D eigenvalue weighted by molar-refractivity contribution is 5.76. The molecule has 26 heavy (non-hydrogen) atoms. The molecule has 2 saturated carbocycles. The van der Waals surface area contributed by atoms with Crippen molar-refractivity contribution in [2.24, 2.45) is 11.8 Å². The molecule has 0 aliphatic heterocycles. The van der Waals surface area contributed by atoms with Gasteiger partial charge in [0.05, 0.1) is 10.8 Å². The third kappa shape index (κ3) is 4.00. The Morgan fingerprint density at radius 3 is 2.54 bits per heavy atom. The first-order chi connectivity index (χ1) is 12.4. The second kappa shape index (κ2) is 7.64. The van der Waals surface area contributed by atoms with Gasteiger partial charge in [-0.2, -0.15) is 0 Å². The average Bonchev–Trinajstić information content (AvgIpc) is 3.41. The van der Waals surface area contributed by atoms with Gasteiger partial charge in [-0.15, -0.1) is 0 Å². The minimum atomic E-state index is -0.814. The van der Waals surface area contributed by atoms with Crippen LogP contribution in [0.25, 0.3) is 0 Å². The maximum absolute atomic E-state index is 11.8. The standard InChI is InChI=1S/C20H28N2O4/c1-13(2)12-21(15-6-4-3-5-7-15)18-9-8-14(10-19(18)22(25)26)16-11-17(16)20(23)24/h8-10,13,15-17H,3-7,11-12H2,1-2H3,(H,23,24). The van der Waals surface area contributed by atoms with E-state index in [0.29, 0.717) is 24.1 Å². The number of carboxylic acids is 1. The average molecular weight is 360 g/mol. The Labute approximate surface area is 154 Å². The van der Waals surface area contributed by atoms with Crippen molar-refractivity contribution in [1.82, 2.24) is 0 Å². The number of nitrogens with zero attached hydrogens (tertiary/aromatic N) is 2. The molecule has 0 saturated heterocycles. The molecule has 2 atom stereocenters. The quantitative estimate of drug-likeness (QED) is 0.568. The van der Waals surface area contributed by atoms with E-state index in [0.717, 1.165) is 24.9 Å². The molecule has 2 aliphatic rings. The molecule has 0 aromatic heterocycles. The van der Waals surface area contributed by atoms with Gasteiger partial charge in [0.15, 0.2) is 0 Å². The predicted molar refractivity (Wildman–Crippen MR) is 101 cm³/mol. The Morgan fingerprint density at radius 2 is 2.00 bits per heavy atom. The van der Waals surface area contributed by atoms with Crippen molar-refractivity contribution in [2.45, 2.75) is 64.3 Å². The summed E-state index contributed by atoms with van der Waals surface area (Å²) in [6.07, 6.45) is 6.32. The Balaban J connectivity index is 1.92. The van der Waals surface area contributed by atoms with Crippen LogP contribution in [0.1, 0.15) is 63.9 Å². The Kier molecular flexibility index (Phi) is 5.49. The summed E-state index contributed by atoms with van der Waals surface area (Å²) in [5.74, 6) is -0.888. The van der Waals surface area contributed by atoms with Crippen LogP contribution in [0, 0.1) is 22.0 Å². The van der Waals surface area contributed by atoms with Gasteiger partial charge in [-0.3, -0.25) is 14.9 Å². The van der Waals surface area contributed by atoms with Crippen molar-refractivity contribution in [3.63, 3.8) is 0 Å². The summed E-state index contributed by atoms with van der Waals surface area (Å²) < 4.78 is 0. The molecule has 2 fully saturated rings. The fourth-order valence-electron chi connectivity index (χ4n) is 4.23. The number of anilines is 1. The number of aliphatic carboxylic acids is 1. The van der Waals surface area contributed by atoms with Crippen LogP contribution >= 0.6 is 0 Å². The molecule has 0 amide bonds. The summed E-state index contributed by atoms with van der Waals surface area (Å²) in [5.41, 5.74) is 1.58. The zero-order valence-electron chi connectivity index (χ0n) is 15.6. The molecule has 3 rings (SSSR count). The molecule has 0 bridgehead atoms.